The molecule has 0 aromatic heterocycles. The minimum Gasteiger partial charge on any atom is -0.381 e. The standard InChI is InChI=1S/C16H23ClN2O/c17-16-11-13(3-7-19-8-5-18-6-9-19)1-2-15(16)14-4-10-20-12-14/h1-2,11,14,18H,3-10,12H2. The molecule has 2 saturated heterocycles. The number of halogens is 1. The maximum atomic E-state index is 6.45. The molecule has 1 N–H and O–H groups in total. The normalized spacial score (nSPS) is 24.1. The molecule has 20 heavy (non-hydrogen) atoms. The summed E-state index contributed by atoms with van der Waals surface area (Å²) in [4.78, 5) is 2.52. The van der Waals surface area contributed by atoms with Crippen molar-refractivity contribution < 1.29 is 4.74 Å². The van der Waals surface area contributed by atoms with Crippen molar-refractivity contribution in [2.45, 2.75) is 18.8 Å². The van der Waals surface area contributed by atoms with Crippen molar-refractivity contribution in [3.63, 3.8) is 0 Å². The molecule has 3 nitrogen and oxygen atoms in total. The highest BCUT2D eigenvalue weighted by atomic mass is 35.5. The van der Waals surface area contributed by atoms with E-state index in [2.05, 4.69) is 28.4 Å². The van der Waals surface area contributed by atoms with Crippen molar-refractivity contribution in [2.24, 2.45) is 0 Å². The van der Waals surface area contributed by atoms with Gasteiger partial charge >= 0.3 is 0 Å². The van der Waals surface area contributed by atoms with Gasteiger partial charge < -0.3 is 15.0 Å². The molecule has 0 radical (unpaired) electrons. The summed E-state index contributed by atoms with van der Waals surface area (Å²) in [6, 6.07) is 6.59. The Kier molecular flexibility index (Phi) is 4.94. The van der Waals surface area contributed by atoms with Gasteiger partial charge in [-0.05, 0) is 30.0 Å². The molecule has 110 valence electrons. The second-order valence-electron chi connectivity index (χ2n) is 5.76. The van der Waals surface area contributed by atoms with Gasteiger partial charge in [0, 0.05) is 50.3 Å². The molecule has 3 rings (SSSR count). The number of nitrogens with zero attached hydrogens (tertiary/aromatic N) is 1. The van der Waals surface area contributed by atoms with E-state index < -0.39 is 0 Å². The molecule has 0 amide bonds. The SMILES string of the molecule is Clc1cc(CCN2CCNCC2)ccc1C1CCOC1. The predicted octanol–water partition coefficient (Wildman–Crippen LogP) is 2.29. The number of piperazine rings is 1. The summed E-state index contributed by atoms with van der Waals surface area (Å²) >= 11 is 6.45. The van der Waals surface area contributed by atoms with Crippen LogP contribution in [0.25, 0.3) is 0 Å². The maximum Gasteiger partial charge on any atom is 0.0536 e. The van der Waals surface area contributed by atoms with Gasteiger partial charge in [-0.3, -0.25) is 0 Å². The Morgan fingerprint density at radius 3 is 2.85 bits per heavy atom. The van der Waals surface area contributed by atoms with Gasteiger partial charge in [0.2, 0.25) is 0 Å². The highest BCUT2D eigenvalue weighted by Gasteiger charge is 2.20. The third kappa shape index (κ3) is 3.53. The van der Waals surface area contributed by atoms with Crippen LogP contribution in [0.3, 0.4) is 0 Å². The molecule has 2 aliphatic rings. The summed E-state index contributed by atoms with van der Waals surface area (Å²) < 4.78 is 5.45. The molecule has 2 aliphatic heterocycles. The van der Waals surface area contributed by atoms with Crippen LogP contribution in [0, 0.1) is 0 Å². The lowest BCUT2D eigenvalue weighted by atomic mass is 9.96. The minimum absolute atomic E-state index is 0.490. The van der Waals surface area contributed by atoms with Gasteiger partial charge in [-0.25, -0.2) is 0 Å². The van der Waals surface area contributed by atoms with Crippen molar-refractivity contribution >= 4 is 11.6 Å². The highest BCUT2D eigenvalue weighted by molar-refractivity contribution is 6.31. The molecule has 0 aliphatic carbocycles. The van der Waals surface area contributed by atoms with Gasteiger partial charge in [0.25, 0.3) is 0 Å². The van der Waals surface area contributed by atoms with Crippen LogP contribution >= 0.6 is 11.6 Å². The van der Waals surface area contributed by atoms with E-state index in [4.69, 9.17) is 16.3 Å². The zero-order valence-electron chi connectivity index (χ0n) is 11.9. The Morgan fingerprint density at radius 1 is 1.30 bits per heavy atom. The van der Waals surface area contributed by atoms with Crippen LogP contribution in [0.15, 0.2) is 18.2 Å². The molecule has 0 bridgehead atoms. The van der Waals surface area contributed by atoms with E-state index in [1.807, 2.05) is 0 Å². The van der Waals surface area contributed by atoms with Gasteiger partial charge in [0.1, 0.15) is 0 Å². The first-order valence-corrected chi connectivity index (χ1v) is 8.00. The van der Waals surface area contributed by atoms with Crippen LogP contribution in [0.4, 0.5) is 0 Å². The summed E-state index contributed by atoms with van der Waals surface area (Å²) in [6.45, 7) is 7.36. The zero-order valence-corrected chi connectivity index (χ0v) is 12.7. The third-order valence-corrected chi connectivity index (χ3v) is 4.69. The number of ether oxygens (including phenoxy) is 1. The molecule has 2 heterocycles. The lowest BCUT2D eigenvalue weighted by Crippen LogP contribution is -2.44. The van der Waals surface area contributed by atoms with E-state index in [9.17, 15) is 0 Å². The first-order chi connectivity index (χ1) is 9.83. The quantitative estimate of drug-likeness (QED) is 0.922. The second-order valence-corrected chi connectivity index (χ2v) is 6.17. The van der Waals surface area contributed by atoms with Crippen LogP contribution in [0.1, 0.15) is 23.5 Å². The van der Waals surface area contributed by atoms with E-state index in [1.165, 1.54) is 11.1 Å². The Balaban J connectivity index is 1.58. The van der Waals surface area contributed by atoms with Crippen LogP contribution < -0.4 is 5.32 Å². The number of rotatable bonds is 4. The van der Waals surface area contributed by atoms with Gasteiger partial charge in [-0.1, -0.05) is 23.7 Å². The fourth-order valence-electron chi connectivity index (χ4n) is 3.06. The smallest absolute Gasteiger partial charge is 0.0536 e. The predicted molar refractivity (Wildman–Crippen MR) is 82.6 cm³/mol. The summed E-state index contributed by atoms with van der Waals surface area (Å²) in [6.07, 6.45) is 2.18. The van der Waals surface area contributed by atoms with Crippen molar-refractivity contribution in [1.82, 2.24) is 10.2 Å². The first-order valence-electron chi connectivity index (χ1n) is 7.62. The summed E-state index contributed by atoms with van der Waals surface area (Å²) in [7, 11) is 0. The van der Waals surface area contributed by atoms with Crippen LogP contribution in [0.5, 0.6) is 0 Å². The van der Waals surface area contributed by atoms with Gasteiger partial charge in [0.15, 0.2) is 0 Å². The van der Waals surface area contributed by atoms with Crippen molar-refractivity contribution in [2.75, 3.05) is 45.9 Å². The molecule has 0 spiro atoms. The fraction of sp³-hybridized carbons (Fsp3) is 0.625. The van der Waals surface area contributed by atoms with E-state index in [0.29, 0.717) is 5.92 Å². The van der Waals surface area contributed by atoms with Gasteiger partial charge in [0.05, 0.1) is 6.61 Å². The van der Waals surface area contributed by atoms with Crippen molar-refractivity contribution in [3.8, 4) is 0 Å². The molecule has 1 unspecified atom stereocenters. The molecule has 0 saturated carbocycles. The molecule has 2 fully saturated rings. The summed E-state index contributed by atoms with van der Waals surface area (Å²) in [5, 5.41) is 4.30. The number of hydrogen-bond acceptors (Lipinski definition) is 3. The van der Waals surface area contributed by atoms with Crippen LogP contribution in [-0.4, -0.2) is 50.8 Å². The fourth-order valence-corrected chi connectivity index (χ4v) is 3.42. The summed E-state index contributed by atoms with van der Waals surface area (Å²) in [5.74, 6) is 0.490. The zero-order chi connectivity index (χ0) is 13.8. The minimum atomic E-state index is 0.490. The number of nitrogens with one attached hydrogen (secondary N) is 1. The second kappa shape index (κ2) is 6.90. The van der Waals surface area contributed by atoms with E-state index in [0.717, 1.165) is 63.8 Å². The van der Waals surface area contributed by atoms with Crippen molar-refractivity contribution in [1.29, 1.82) is 0 Å². The molecular formula is C16H23ClN2O. The van der Waals surface area contributed by atoms with E-state index in [1.54, 1.807) is 0 Å². The lowest BCUT2D eigenvalue weighted by molar-refractivity contribution is 0.194. The van der Waals surface area contributed by atoms with Crippen LogP contribution in [0.2, 0.25) is 5.02 Å². The van der Waals surface area contributed by atoms with E-state index >= 15 is 0 Å². The molecular weight excluding hydrogens is 272 g/mol. The topological polar surface area (TPSA) is 24.5 Å². The summed E-state index contributed by atoms with van der Waals surface area (Å²) in [5.41, 5.74) is 2.60. The van der Waals surface area contributed by atoms with Crippen LogP contribution in [-0.2, 0) is 11.2 Å². The Bertz CT molecular complexity index is 440. The molecule has 1 aromatic rings. The largest absolute Gasteiger partial charge is 0.381 e. The van der Waals surface area contributed by atoms with Gasteiger partial charge in [-0.15, -0.1) is 0 Å². The Morgan fingerprint density at radius 2 is 2.15 bits per heavy atom. The number of hydrogen-bond donors (Lipinski definition) is 1. The Hall–Kier alpha value is -0.610. The average Bonchev–Trinajstić information content (AvgIpc) is 3.00. The first kappa shape index (κ1) is 14.3. The third-order valence-electron chi connectivity index (χ3n) is 4.36. The number of benzene rings is 1. The molecule has 1 atom stereocenters. The van der Waals surface area contributed by atoms with Gasteiger partial charge in [-0.2, -0.15) is 0 Å². The average molecular weight is 295 g/mol. The van der Waals surface area contributed by atoms with E-state index in [-0.39, 0.29) is 0 Å². The highest BCUT2D eigenvalue weighted by Crippen LogP contribution is 2.31. The van der Waals surface area contributed by atoms with Crippen molar-refractivity contribution in [3.05, 3.63) is 34.3 Å². The lowest BCUT2D eigenvalue weighted by Gasteiger charge is -2.27. The molecule has 1 aromatic carbocycles. The Labute approximate surface area is 126 Å². The monoisotopic (exact) mass is 294 g/mol. The molecule has 4 heteroatoms. The maximum absolute atomic E-state index is 6.45.